The van der Waals surface area contributed by atoms with Crippen molar-refractivity contribution in [1.82, 2.24) is 5.32 Å². The van der Waals surface area contributed by atoms with Crippen LogP contribution in [0.4, 0.5) is 4.39 Å². The minimum absolute atomic E-state index is 0.266. The predicted octanol–water partition coefficient (Wildman–Crippen LogP) is 2.81. The van der Waals surface area contributed by atoms with Gasteiger partial charge >= 0.3 is 0 Å². The van der Waals surface area contributed by atoms with E-state index in [0.717, 1.165) is 0 Å². The minimum Gasteiger partial charge on any atom is -0.304 e. The highest BCUT2D eigenvalue weighted by Gasteiger charge is 2.23. The van der Waals surface area contributed by atoms with Gasteiger partial charge in [-0.1, -0.05) is 37.8 Å². The third-order valence-corrected chi connectivity index (χ3v) is 3.00. The van der Waals surface area contributed by atoms with Crippen LogP contribution in [0, 0.1) is 23.6 Å². The molecule has 0 aromatic heterocycles. The molecule has 1 atom stereocenters. The van der Waals surface area contributed by atoms with Gasteiger partial charge in [0.25, 0.3) is 0 Å². The van der Waals surface area contributed by atoms with Crippen molar-refractivity contribution < 1.29 is 4.39 Å². The number of rotatable bonds is 2. The van der Waals surface area contributed by atoms with Crippen molar-refractivity contribution in [3.63, 3.8) is 0 Å². The van der Waals surface area contributed by atoms with Gasteiger partial charge in [-0.15, -0.1) is 0 Å². The van der Waals surface area contributed by atoms with Crippen LogP contribution in [0.15, 0.2) is 24.3 Å². The average molecular weight is 219 g/mol. The Balaban J connectivity index is 3.01. The van der Waals surface area contributed by atoms with Crippen molar-refractivity contribution in [1.29, 1.82) is 0 Å². The van der Waals surface area contributed by atoms with E-state index in [0.29, 0.717) is 11.5 Å². The number of hydrogen-bond acceptors (Lipinski definition) is 1. The van der Waals surface area contributed by atoms with Crippen LogP contribution in [0.3, 0.4) is 0 Å². The molecule has 0 saturated heterocycles. The molecule has 1 N–H and O–H groups in total. The summed E-state index contributed by atoms with van der Waals surface area (Å²) in [6, 6.07) is 6.58. The summed E-state index contributed by atoms with van der Waals surface area (Å²) in [7, 11) is 1.87. The molecule has 0 radical (unpaired) electrons. The fourth-order valence-corrected chi connectivity index (χ4v) is 1.26. The Bertz CT molecular complexity index is 414. The summed E-state index contributed by atoms with van der Waals surface area (Å²) in [5.41, 5.74) is 0.159. The molecule has 0 fully saturated rings. The van der Waals surface area contributed by atoms with Crippen molar-refractivity contribution in [2.75, 3.05) is 7.05 Å². The normalized spacial score (nSPS) is 14.1. The average Bonchev–Trinajstić information content (AvgIpc) is 2.27. The summed E-state index contributed by atoms with van der Waals surface area (Å²) in [6.07, 6.45) is 0. The Morgan fingerprint density at radius 3 is 2.44 bits per heavy atom. The molecule has 1 rings (SSSR count). The number of halogens is 1. The number of nitrogens with one attached hydrogen (secondary N) is 1. The van der Waals surface area contributed by atoms with E-state index in [1.807, 2.05) is 14.0 Å². The molecule has 1 nitrogen and oxygen atoms in total. The zero-order chi connectivity index (χ0) is 12.2. The summed E-state index contributed by atoms with van der Waals surface area (Å²) in [5.74, 6) is 6.09. The molecule has 1 aromatic rings. The van der Waals surface area contributed by atoms with Crippen molar-refractivity contribution in [2.45, 2.75) is 26.3 Å². The smallest absolute Gasteiger partial charge is 0.138 e. The van der Waals surface area contributed by atoms with E-state index in [1.54, 1.807) is 18.2 Å². The lowest BCUT2D eigenvalue weighted by atomic mass is 9.89. The van der Waals surface area contributed by atoms with Gasteiger partial charge in [0, 0.05) is 0 Å². The first kappa shape index (κ1) is 12.7. The summed E-state index contributed by atoms with van der Waals surface area (Å²) in [5, 5.41) is 3.17. The Hall–Kier alpha value is -1.33. The van der Waals surface area contributed by atoms with Gasteiger partial charge in [-0.2, -0.15) is 0 Å². The van der Waals surface area contributed by atoms with Crippen LogP contribution in [0.5, 0.6) is 0 Å². The van der Waals surface area contributed by atoms with Crippen LogP contribution < -0.4 is 5.32 Å². The SMILES string of the molecule is CNC(C)(C#Cc1ccccc1F)C(C)C. The highest BCUT2D eigenvalue weighted by Crippen LogP contribution is 2.15. The van der Waals surface area contributed by atoms with E-state index in [-0.39, 0.29) is 11.4 Å². The van der Waals surface area contributed by atoms with Gasteiger partial charge in [0.2, 0.25) is 0 Å². The molecule has 0 saturated carbocycles. The Morgan fingerprint density at radius 2 is 1.94 bits per heavy atom. The fraction of sp³-hybridized carbons (Fsp3) is 0.429. The largest absolute Gasteiger partial charge is 0.304 e. The molecule has 1 aromatic carbocycles. The quantitative estimate of drug-likeness (QED) is 0.754. The maximum atomic E-state index is 13.3. The molecule has 0 heterocycles. The van der Waals surface area contributed by atoms with E-state index in [1.165, 1.54) is 6.07 Å². The molecular formula is C14H18FN. The van der Waals surface area contributed by atoms with Gasteiger partial charge in [0.05, 0.1) is 11.1 Å². The molecule has 86 valence electrons. The predicted molar refractivity (Wildman–Crippen MR) is 65.6 cm³/mol. The highest BCUT2D eigenvalue weighted by atomic mass is 19.1. The molecule has 0 bridgehead atoms. The van der Waals surface area contributed by atoms with Crippen LogP contribution in [0.1, 0.15) is 26.3 Å². The number of hydrogen-bond donors (Lipinski definition) is 1. The zero-order valence-corrected chi connectivity index (χ0v) is 10.3. The van der Waals surface area contributed by atoms with Gasteiger partial charge in [0.1, 0.15) is 5.82 Å². The minimum atomic E-state index is -0.289. The molecule has 0 aliphatic heterocycles. The first-order valence-electron chi connectivity index (χ1n) is 5.46. The van der Waals surface area contributed by atoms with Crippen LogP contribution in [-0.2, 0) is 0 Å². The molecular weight excluding hydrogens is 201 g/mol. The topological polar surface area (TPSA) is 12.0 Å². The Labute approximate surface area is 97.1 Å². The van der Waals surface area contributed by atoms with E-state index in [4.69, 9.17) is 0 Å². The van der Waals surface area contributed by atoms with Crippen LogP contribution in [0.2, 0.25) is 0 Å². The second-order valence-corrected chi connectivity index (χ2v) is 4.34. The second kappa shape index (κ2) is 5.14. The molecule has 0 amide bonds. The van der Waals surface area contributed by atoms with Crippen molar-refractivity contribution in [3.05, 3.63) is 35.6 Å². The fourth-order valence-electron chi connectivity index (χ4n) is 1.26. The summed E-state index contributed by atoms with van der Waals surface area (Å²) in [4.78, 5) is 0. The molecule has 0 spiro atoms. The molecule has 0 aliphatic rings. The highest BCUT2D eigenvalue weighted by molar-refractivity contribution is 5.37. The zero-order valence-electron chi connectivity index (χ0n) is 10.3. The summed E-state index contributed by atoms with van der Waals surface area (Å²) < 4.78 is 13.3. The lowest BCUT2D eigenvalue weighted by Gasteiger charge is -2.27. The second-order valence-electron chi connectivity index (χ2n) is 4.34. The number of benzene rings is 1. The molecule has 16 heavy (non-hydrogen) atoms. The lowest BCUT2D eigenvalue weighted by molar-refractivity contribution is 0.367. The lowest BCUT2D eigenvalue weighted by Crippen LogP contribution is -2.43. The molecule has 0 aliphatic carbocycles. The van der Waals surface area contributed by atoms with Gasteiger partial charge in [-0.05, 0) is 32.0 Å². The first-order chi connectivity index (χ1) is 7.49. The Kier molecular flexibility index (Phi) is 4.09. The van der Waals surface area contributed by atoms with Gasteiger partial charge in [-0.25, -0.2) is 4.39 Å². The van der Waals surface area contributed by atoms with Crippen LogP contribution in [0.25, 0.3) is 0 Å². The van der Waals surface area contributed by atoms with E-state index in [9.17, 15) is 4.39 Å². The van der Waals surface area contributed by atoms with Gasteiger partial charge < -0.3 is 5.32 Å². The Morgan fingerprint density at radius 1 is 1.31 bits per heavy atom. The molecule has 2 heteroatoms. The monoisotopic (exact) mass is 219 g/mol. The summed E-state index contributed by atoms with van der Waals surface area (Å²) in [6.45, 7) is 6.20. The van der Waals surface area contributed by atoms with Crippen molar-refractivity contribution >= 4 is 0 Å². The third-order valence-electron chi connectivity index (χ3n) is 3.00. The molecule has 1 unspecified atom stereocenters. The maximum absolute atomic E-state index is 13.3. The third kappa shape index (κ3) is 2.84. The maximum Gasteiger partial charge on any atom is 0.138 e. The summed E-state index contributed by atoms with van der Waals surface area (Å²) >= 11 is 0. The van der Waals surface area contributed by atoms with E-state index < -0.39 is 0 Å². The van der Waals surface area contributed by atoms with E-state index in [2.05, 4.69) is 31.0 Å². The van der Waals surface area contributed by atoms with Crippen molar-refractivity contribution in [2.24, 2.45) is 5.92 Å². The van der Waals surface area contributed by atoms with Crippen LogP contribution >= 0.6 is 0 Å². The standard InChI is InChI=1S/C14H18FN/c1-11(2)14(3,16-4)10-9-12-7-5-6-8-13(12)15/h5-8,11,16H,1-4H3. The first-order valence-corrected chi connectivity index (χ1v) is 5.46. The van der Waals surface area contributed by atoms with Gasteiger partial charge in [0.15, 0.2) is 0 Å². The van der Waals surface area contributed by atoms with Crippen molar-refractivity contribution in [3.8, 4) is 11.8 Å². The van der Waals surface area contributed by atoms with Crippen LogP contribution in [-0.4, -0.2) is 12.6 Å². The van der Waals surface area contributed by atoms with Gasteiger partial charge in [-0.3, -0.25) is 0 Å². The van der Waals surface area contributed by atoms with E-state index >= 15 is 0 Å².